The molecule has 1 N–H and O–H groups in total. The van der Waals surface area contributed by atoms with Crippen LogP contribution in [-0.4, -0.2) is 50.7 Å². The molecule has 1 aromatic rings. The van der Waals surface area contributed by atoms with Crippen LogP contribution in [0.5, 0.6) is 11.5 Å². The molecule has 0 radical (unpaired) electrons. The van der Waals surface area contributed by atoms with E-state index in [0.29, 0.717) is 31.6 Å². The number of benzene rings is 1. The van der Waals surface area contributed by atoms with Gasteiger partial charge in [0.2, 0.25) is 15.9 Å². The van der Waals surface area contributed by atoms with Crippen LogP contribution in [0, 0.1) is 5.92 Å². The van der Waals surface area contributed by atoms with Gasteiger partial charge in [0.15, 0.2) is 0 Å². The Morgan fingerprint density at radius 1 is 1.37 bits per heavy atom. The monoisotopic (exact) mass is 396 g/mol. The molecule has 2 heterocycles. The first kappa shape index (κ1) is 19.9. The van der Waals surface area contributed by atoms with Gasteiger partial charge in [-0.1, -0.05) is 0 Å². The fraction of sp³-hybridized carbons (Fsp3) is 0.632. The number of rotatable bonds is 4. The molecule has 3 rings (SSSR count). The van der Waals surface area contributed by atoms with E-state index in [1.54, 1.807) is 7.11 Å². The molecule has 1 amide bonds. The molecular weight excluding hydrogens is 368 g/mol. The largest absolute Gasteiger partial charge is 0.497 e. The van der Waals surface area contributed by atoms with Crippen molar-refractivity contribution in [2.45, 2.75) is 44.8 Å². The molecule has 2 aliphatic rings. The van der Waals surface area contributed by atoms with Gasteiger partial charge in [-0.15, -0.1) is 0 Å². The lowest BCUT2D eigenvalue weighted by Gasteiger charge is -2.39. The summed E-state index contributed by atoms with van der Waals surface area (Å²) in [5.74, 6) is 0.990. The summed E-state index contributed by atoms with van der Waals surface area (Å²) in [7, 11) is -1.68. The summed E-state index contributed by atoms with van der Waals surface area (Å²) in [4.78, 5) is 12.9. The SMILES string of the molecule is COc1ccc2c(c1)[C@H](NC(=O)[C@H]1CCCN(S(C)(=O)=O)C1)CC(C)(C)O2. The zero-order valence-corrected chi connectivity index (χ0v) is 17.1. The van der Waals surface area contributed by atoms with E-state index in [1.807, 2.05) is 32.0 Å². The lowest BCUT2D eigenvalue weighted by molar-refractivity contribution is -0.127. The van der Waals surface area contributed by atoms with Gasteiger partial charge in [-0.2, -0.15) is 0 Å². The van der Waals surface area contributed by atoms with Crippen molar-refractivity contribution < 1.29 is 22.7 Å². The van der Waals surface area contributed by atoms with Gasteiger partial charge in [0.1, 0.15) is 17.1 Å². The fourth-order valence-corrected chi connectivity index (χ4v) is 4.75. The third-order valence-electron chi connectivity index (χ3n) is 5.21. The average Bonchev–Trinajstić information content (AvgIpc) is 2.60. The van der Waals surface area contributed by atoms with E-state index in [-0.39, 0.29) is 24.4 Å². The molecule has 27 heavy (non-hydrogen) atoms. The lowest BCUT2D eigenvalue weighted by Crippen LogP contribution is -2.47. The number of carbonyl (C=O) groups excluding carboxylic acids is 1. The smallest absolute Gasteiger partial charge is 0.224 e. The molecule has 1 fully saturated rings. The number of nitrogens with one attached hydrogen (secondary N) is 1. The maximum Gasteiger partial charge on any atom is 0.224 e. The van der Waals surface area contributed by atoms with Gasteiger partial charge in [-0.3, -0.25) is 4.79 Å². The molecule has 0 aliphatic carbocycles. The van der Waals surface area contributed by atoms with E-state index in [4.69, 9.17) is 9.47 Å². The second kappa shape index (κ2) is 7.31. The molecule has 0 aromatic heterocycles. The van der Waals surface area contributed by atoms with Crippen LogP contribution in [-0.2, 0) is 14.8 Å². The third-order valence-corrected chi connectivity index (χ3v) is 6.48. The van der Waals surface area contributed by atoms with Crippen LogP contribution < -0.4 is 14.8 Å². The molecule has 2 atom stereocenters. The molecule has 8 heteroatoms. The Kier molecular flexibility index (Phi) is 5.40. The predicted octanol–water partition coefficient (Wildman–Crippen LogP) is 2.09. The molecule has 0 saturated carbocycles. The first-order valence-corrected chi connectivity index (χ1v) is 11.1. The van der Waals surface area contributed by atoms with Crippen molar-refractivity contribution in [1.29, 1.82) is 0 Å². The van der Waals surface area contributed by atoms with Gasteiger partial charge in [0, 0.05) is 25.1 Å². The van der Waals surface area contributed by atoms with Crippen LogP contribution >= 0.6 is 0 Å². The molecule has 0 bridgehead atoms. The quantitative estimate of drug-likeness (QED) is 0.842. The zero-order valence-electron chi connectivity index (χ0n) is 16.3. The van der Waals surface area contributed by atoms with Crippen molar-refractivity contribution in [2.24, 2.45) is 5.92 Å². The zero-order chi connectivity index (χ0) is 19.8. The van der Waals surface area contributed by atoms with E-state index in [1.165, 1.54) is 10.6 Å². The summed E-state index contributed by atoms with van der Waals surface area (Å²) in [5, 5.41) is 3.13. The van der Waals surface area contributed by atoms with Gasteiger partial charge in [0.05, 0.1) is 25.3 Å². The summed E-state index contributed by atoms with van der Waals surface area (Å²) >= 11 is 0. The average molecular weight is 397 g/mol. The summed E-state index contributed by atoms with van der Waals surface area (Å²) in [6, 6.07) is 5.38. The normalized spacial score (nSPS) is 25.2. The summed E-state index contributed by atoms with van der Waals surface area (Å²) in [6.45, 7) is 4.70. The lowest BCUT2D eigenvalue weighted by atomic mass is 9.88. The van der Waals surface area contributed by atoms with Gasteiger partial charge in [-0.05, 0) is 44.9 Å². The number of sulfonamides is 1. The Morgan fingerprint density at radius 3 is 2.78 bits per heavy atom. The maximum absolute atomic E-state index is 12.9. The van der Waals surface area contributed by atoms with Crippen LogP contribution in [0.3, 0.4) is 0 Å². The van der Waals surface area contributed by atoms with Crippen molar-refractivity contribution in [3.63, 3.8) is 0 Å². The maximum atomic E-state index is 12.9. The number of carbonyl (C=O) groups is 1. The van der Waals surface area contributed by atoms with Crippen LogP contribution in [0.15, 0.2) is 18.2 Å². The number of hydrogen-bond acceptors (Lipinski definition) is 5. The van der Waals surface area contributed by atoms with Crippen molar-refractivity contribution in [3.05, 3.63) is 23.8 Å². The van der Waals surface area contributed by atoms with Gasteiger partial charge in [-0.25, -0.2) is 12.7 Å². The standard InChI is InChI=1S/C19H28N2O5S/c1-19(2)11-16(15-10-14(25-3)7-8-17(15)26-19)20-18(22)13-6-5-9-21(12-13)27(4,23)24/h7-8,10,13,16H,5-6,9,11-12H2,1-4H3,(H,20,22)/t13-,16+/m0/s1. The number of fused-ring (bicyclic) bond motifs is 1. The Balaban J connectivity index is 1.79. The Hall–Kier alpha value is -1.80. The summed E-state index contributed by atoms with van der Waals surface area (Å²) in [5.41, 5.74) is 0.475. The van der Waals surface area contributed by atoms with Crippen molar-refractivity contribution in [3.8, 4) is 11.5 Å². The number of ether oxygens (including phenoxy) is 2. The highest BCUT2D eigenvalue weighted by Gasteiger charge is 2.37. The second-order valence-electron chi connectivity index (χ2n) is 7.99. The van der Waals surface area contributed by atoms with Crippen LogP contribution in [0.4, 0.5) is 0 Å². The fourth-order valence-electron chi connectivity index (χ4n) is 3.84. The van der Waals surface area contributed by atoms with Crippen molar-refractivity contribution in [2.75, 3.05) is 26.5 Å². The van der Waals surface area contributed by atoms with Crippen LogP contribution in [0.2, 0.25) is 0 Å². The molecule has 150 valence electrons. The molecule has 0 spiro atoms. The van der Waals surface area contributed by atoms with Gasteiger partial charge in [0.25, 0.3) is 0 Å². The Bertz CT molecular complexity index is 821. The second-order valence-corrected chi connectivity index (χ2v) is 9.97. The highest BCUT2D eigenvalue weighted by atomic mass is 32.2. The van der Waals surface area contributed by atoms with Crippen LogP contribution in [0.25, 0.3) is 0 Å². The summed E-state index contributed by atoms with van der Waals surface area (Å²) in [6.07, 6.45) is 3.20. The van der Waals surface area contributed by atoms with Crippen molar-refractivity contribution >= 4 is 15.9 Å². The number of amides is 1. The molecule has 7 nitrogen and oxygen atoms in total. The minimum absolute atomic E-state index is 0.111. The van der Waals surface area contributed by atoms with E-state index < -0.39 is 15.6 Å². The Labute approximate surface area is 161 Å². The molecule has 0 unspecified atom stereocenters. The van der Waals surface area contributed by atoms with E-state index >= 15 is 0 Å². The number of nitrogens with zero attached hydrogens (tertiary/aromatic N) is 1. The van der Waals surface area contributed by atoms with Crippen molar-refractivity contribution in [1.82, 2.24) is 9.62 Å². The van der Waals surface area contributed by atoms with E-state index in [2.05, 4.69) is 5.32 Å². The Morgan fingerprint density at radius 2 is 2.11 bits per heavy atom. The highest BCUT2D eigenvalue weighted by Crippen LogP contribution is 2.41. The highest BCUT2D eigenvalue weighted by molar-refractivity contribution is 7.88. The van der Waals surface area contributed by atoms with Gasteiger partial charge >= 0.3 is 0 Å². The van der Waals surface area contributed by atoms with E-state index in [9.17, 15) is 13.2 Å². The van der Waals surface area contributed by atoms with Gasteiger partial charge < -0.3 is 14.8 Å². The van der Waals surface area contributed by atoms with E-state index in [0.717, 1.165) is 11.3 Å². The summed E-state index contributed by atoms with van der Waals surface area (Å²) < 4.78 is 36.4. The first-order valence-electron chi connectivity index (χ1n) is 9.21. The molecule has 2 aliphatic heterocycles. The molecular formula is C19H28N2O5S. The number of hydrogen-bond donors (Lipinski definition) is 1. The third kappa shape index (κ3) is 4.55. The number of methoxy groups -OCH3 is 1. The molecule has 1 saturated heterocycles. The van der Waals surface area contributed by atoms with Crippen LogP contribution in [0.1, 0.15) is 44.7 Å². The number of piperidine rings is 1. The minimum Gasteiger partial charge on any atom is -0.497 e. The predicted molar refractivity (Wildman–Crippen MR) is 102 cm³/mol. The first-order chi connectivity index (χ1) is 12.6. The molecule has 1 aromatic carbocycles. The minimum atomic E-state index is -3.28. The topological polar surface area (TPSA) is 84.9 Å².